The largest absolute Gasteiger partial charge is 0.369 e. The number of hydrogen-bond acceptors (Lipinski definition) is 6. The average Bonchev–Trinajstić information content (AvgIpc) is 2.91. The van der Waals surface area contributed by atoms with Crippen LogP contribution in [0, 0.1) is 6.92 Å². The van der Waals surface area contributed by atoms with Crippen molar-refractivity contribution in [1.29, 1.82) is 0 Å². The van der Waals surface area contributed by atoms with Gasteiger partial charge in [-0.25, -0.2) is 4.98 Å². The molecule has 1 N–H and O–H groups in total. The Morgan fingerprint density at radius 1 is 1.41 bits per heavy atom. The number of hydrogen-bond donors (Lipinski definition) is 1. The molecule has 0 radical (unpaired) electrons. The lowest BCUT2D eigenvalue weighted by atomic mass is 10.2. The molecule has 3 rings (SSSR count). The molecule has 0 spiro atoms. The van der Waals surface area contributed by atoms with E-state index in [1.165, 1.54) is 21.1 Å². The van der Waals surface area contributed by atoms with E-state index in [0.717, 1.165) is 12.0 Å². The maximum absolute atomic E-state index is 13.1. The summed E-state index contributed by atoms with van der Waals surface area (Å²) in [4.78, 5) is 32.2. The van der Waals surface area contributed by atoms with Crippen molar-refractivity contribution < 1.29 is 4.79 Å². The Hall–Kier alpha value is -2.45. The summed E-state index contributed by atoms with van der Waals surface area (Å²) in [5, 5.41) is 3.21. The molecule has 0 aliphatic carbocycles. The van der Waals surface area contributed by atoms with E-state index in [4.69, 9.17) is 12.2 Å². The summed E-state index contributed by atoms with van der Waals surface area (Å²) in [6.07, 6.45) is 5.78. The Balaban J connectivity index is 2.17. The first-order chi connectivity index (χ1) is 13.0. The number of nitrogens with one attached hydrogen (secondary N) is 1. The van der Waals surface area contributed by atoms with Gasteiger partial charge in [-0.1, -0.05) is 43.0 Å². The zero-order chi connectivity index (χ0) is 19.6. The molecule has 3 heterocycles. The fourth-order valence-corrected chi connectivity index (χ4v) is 3.99. The molecule has 27 heavy (non-hydrogen) atoms. The van der Waals surface area contributed by atoms with Crippen molar-refractivity contribution in [2.45, 2.75) is 20.3 Å². The standard InChI is InChI=1S/C19H20N4O2S2/c1-4-8-20-15-13(11-14-18(25)23(9-5-2)19(26)27-14)17(24)22-10-6-7-12(3)16(22)21-15/h5-7,10-11,20H,2,4,8-9H2,1,3H3. The van der Waals surface area contributed by atoms with E-state index in [1.807, 2.05) is 19.9 Å². The molecule has 140 valence electrons. The molecule has 0 atom stereocenters. The zero-order valence-corrected chi connectivity index (χ0v) is 16.8. The number of pyridine rings is 1. The molecule has 1 aliphatic heterocycles. The Labute approximate surface area is 167 Å². The first-order valence-corrected chi connectivity index (χ1v) is 9.82. The second-order valence-corrected chi connectivity index (χ2v) is 7.75. The predicted molar refractivity (Wildman–Crippen MR) is 115 cm³/mol. The van der Waals surface area contributed by atoms with Crippen molar-refractivity contribution in [1.82, 2.24) is 14.3 Å². The number of fused-ring (bicyclic) bond motifs is 1. The minimum absolute atomic E-state index is 0.222. The molecule has 1 saturated heterocycles. The van der Waals surface area contributed by atoms with E-state index in [-0.39, 0.29) is 11.5 Å². The van der Waals surface area contributed by atoms with E-state index in [0.29, 0.717) is 39.3 Å². The van der Waals surface area contributed by atoms with Gasteiger partial charge in [0.15, 0.2) is 0 Å². The summed E-state index contributed by atoms with van der Waals surface area (Å²) in [5.41, 5.74) is 1.62. The van der Waals surface area contributed by atoms with E-state index < -0.39 is 0 Å². The molecule has 0 unspecified atom stereocenters. The number of amides is 1. The van der Waals surface area contributed by atoms with Crippen LogP contribution in [0.2, 0.25) is 0 Å². The van der Waals surface area contributed by atoms with E-state index in [2.05, 4.69) is 16.9 Å². The SMILES string of the molecule is C=CCN1C(=O)C(=Cc2c(NCCC)nc3c(C)cccn3c2=O)SC1=S. The molecular formula is C19H20N4O2S2. The molecule has 1 aliphatic rings. The number of carbonyl (C=O) groups excluding carboxylic acids is 1. The lowest BCUT2D eigenvalue weighted by Crippen LogP contribution is -2.28. The number of aryl methyl sites for hydroxylation is 1. The normalized spacial score (nSPS) is 15.8. The summed E-state index contributed by atoms with van der Waals surface area (Å²) in [6, 6.07) is 3.71. The van der Waals surface area contributed by atoms with Crippen molar-refractivity contribution >= 4 is 51.7 Å². The van der Waals surface area contributed by atoms with Gasteiger partial charge in [-0.15, -0.1) is 6.58 Å². The quantitative estimate of drug-likeness (QED) is 0.456. The molecule has 0 saturated carbocycles. The zero-order valence-electron chi connectivity index (χ0n) is 15.2. The van der Waals surface area contributed by atoms with Crippen molar-refractivity contribution in [3.63, 3.8) is 0 Å². The second kappa shape index (κ2) is 8.06. The summed E-state index contributed by atoms with van der Waals surface area (Å²) in [6.45, 7) is 8.61. The third-order valence-electron chi connectivity index (χ3n) is 4.09. The van der Waals surface area contributed by atoms with Gasteiger partial charge in [0.05, 0.1) is 10.5 Å². The number of nitrogens with zero attached hydrogens (tertiary/aromatic N) is 3. The van der Waals surface area contributed by atoms with Crippen LogP contribution in [0.5, 0.6) is 0 Å². The van der Waals surface area contributed by atoms with Gasteiger partial charge >= 0.3 is 0 Å². The van der Waals surface area contributed by atoms with Crippen LogP contribution in [0.4, 0.5) is 5.82 Å². The number of thioether (sulfide) groups is 1. The Morgan fingerprint density at radius 2 is 2.19 bits per heavy atom. The third-order valence-corrected chi connectivity index (χ3v) is 5.47. The van der Waals surface area contributed by atoms with Gasteiger partial charge < -0.3 is 5.32 Å². The smallest absolute Gasteiger partial charge is 0.267 e. The highest BCUT2D eigenvalue weighted by molar-refractivity contribution is 8.26. The molecule has 1 amide bonds. The first-order valence-electron chi connectivity index (χ1n) is 8.60. The van der Waals surface area contributed by atoms with Crippen LogP contribution in [0.1, 0.15) is 24.5 Å². The highest BCUT2D eigenvalue weighted by Crippen LogP contribution is 2.32. The highest BCUT2D eigenvalue weighted by atomic mass is 32.2. The number of carbonyl (C=O) groups is 1. The number of aromatic nitrogens is 2. The maximum atomic E-state index is 13.1. The molecule has 2 aromatic heterocycles. The van der Waals surface area contributed by atoms with Gasteiger partial charge in [0.1, 0.15) is 15.8 Å². The molecule has 1 fully saturated rings. The lowest BCUT2D eigenvalue weighted by molar-refractivity contribution is -0.121. The van der Waals surface area contributed by atoms with E-state index in [9.17, 15) is 9.59 Å². The number of anilines is 1. The van der Waals surface area contributed by atoms with Crippen molar-refractivity contribution in [2.75, 3.05) is 18.4 Å². The number of rotatable bonds is 6. The van der Waals surface area contributed by atoms with Crippen LogP contribution in [-0.4, -0.2) is 37.6 Å². The molecule has 0 aromatic carbocycles. The minimum Gasteiger partial charge on any atom is -0.369 e. The molecule has 8 heteroatoms. The van der Waals surface area contributed by atoms with Gasteiger partial charge in [-0.2, -0.15) is 0 Å². The first kappa shape index (κ1) is 19.3. The van der Waals surface area contributed by atoms with Crippen LogP contribution in [0.3, 0.4) is 0 Å². The molecule has 6 nitrogen and oxygen atoms in total. The van der Waals surface area contributed by atoms with Crippen LogP contribution in [0.15, 0.2) is 40.7 Å². The maximum Gasteiger partial charge on any atom is 0.267 e. The van der Waals surface area contributed by atoms with Crippen molar-refractivity contribution in [3.05, 3.63) is 57.4 Å². The van der Waals surface area contributed by atoms with Gasteiger partial charge in [-0.05, 0) is 31.1 Å². The van der Waals surface area contributed by atoms with Crippen molar-refractivity contribution in [3.8, 4) is 0 Å². The average molecular weight is 401 g/mol. The Bertz CT molecular complexity index is 1030. The number of thiocarbonyl (C=S) groups is 1. The van der Waals surface area contributed by atoms with Crippen LogP contribution in [-0.2, 0) is 4.79 Å². The fraction of sp³-hybridized carbons (Fsp3) is 0.263. The monoisotopic (exact) mass is 400 g/mol. The van der Waals surface area contributed by atoms with Gasteiger partial charge in [0.25, 0.3) is 11.5 Å². The topological polar surface area (TPSA) is 66.7 Å². The van der Waals surface area contributed by atoms with Gasteiger partial charge in [0.2, 0.25) is 0 Å². The second-order valence-electron chi connectivity index (χ2n) is 6.07. The summed E-state index contributed by atoms with van der Waals surface area (Å²) >= 11 is 6.45. The summed E-state index contributed by atoms with van der Waals surface area (Å²) < 4.78 is 1.96. The van der Waals surface area contributed by atoms with E-state index in [1.54, 1.807) is 24.4 Å². The summed E-state index contributed by atoms with van der Waals surface area (Å²) in [7, 11) is 0. The molecule has 2 aromatic rings. The third kappa shape index (κ3) is 3.68. The fourth-order valence-electron chi connectivity index (χ4n) is 2.74. The lowest BCUT2D eigenvalue weighted by Gasteiger charge is -2.12. The molecule has 0 bridgehead atoms. The highest BCUT2D eigenvalue weighted by Gasteiger charge is 2.31. The van der Waals surface area contributed by atoms with Gasteiger partial charge in [-0.3, -0.25) is 18.9 Å². The predicted octanol–water partition coefficient (Wildman–Crippen LogP) is 3.21. The van der Waals surface area contributed by atoms with Crippen molar-refractivity contribution in [2.24, 2.45) is 0 Å². The van der Waals surface area contributed by atoms with E-state index >= 15 is 0 Å². The van der Waals surface area contributed by atoms with Gasteiger partial charge in [0, 0.05) is 19.3 Å². The van der Waals surface area contributed by atoms with Crippen LogP contribution in [0.25, 0.3) is 11.7 Å². The Kier molecular flexibility index (Phi) is 5.76. The summed E-state index contributed by atoms with van der Waals surface area (Å²) in [5.74, 6) is 0.255. The Morgan fingerprint density at radius 3 is 2.89 bits per heavy atom. The van der Waals surface area contributed by atoms with Crippen LogP contribution >= 0.6 is 24.0 Å². The minimum atomic E-state index is -0.226. The molecular weight excluding hydrogens is 380 g/mol. The van der Waals surface area contributed by atoms with Crippen LogP contribution < -0.4 is 10.9 Å².